The summed E-state index contributed by atoms with van der Waals surface area (Å²) in [4.78, 5) is 24.8. The van der Waals surface area contributed by atoms with Crippen molar-refractivity contribution in [1.82, 2.24) is 5.32 Å². The van der Waals surface area contributed by atoms with Crippen molar-refractivity contribution in [2.45, 2.75) is 83.7 Å². The number of furan rings is 1. The lowest BCUT2D eigenvalue weighted by Crippen LogP contribution is -2.31. The number of carbonyl (C=O) groups excluding carboxylic acids is 2. The fourth-order valence-corrected chi connectivity index (χ4v) is 6.29. The minimum atomic E-state index is -3.62. The Balaban J connectivity index is 1.42. The Bertz CT molecular complexity index is 1590. The fourth-order valence-electron chi connectivity index (χ4n) is 5.31. The number of amides is 1. The molecule has 1 aliphatic carbocycles. The van der Waals surface area contributed by atoms with Crippen LogP contribution < -0.4 is 9.62 Å². The van der Waals surface area contributed by atoms with Crippen molar-refractivity contribution in [1.29, 1.82) is 0 Å². The summed E-state index contributed by atoms with van der Waals surface area (Å²) in [5.41, 5.74) is 2.24. The Labute approximate surface area is 265 Å². The quantitative estimate of drug-likeness (QED) is 0.133. The van der Waals surface area contributed by atoms with E-state index < -0.39 is 21.4 Å². The van der Waals surface area contributed by atoms with Crippen molar-refractivity contribution in [3.63, 3.8) is 0 Å². The molecule has 0 radical (unpaired) electrons. The maximum absolute atomic E-state index is 13.6. The molecule has 0 aliphatic heterocycles. The molecule has 4 rings (SSSR count). The molecule has 1 aromatic heterocycles. The van der Waals surface area contributed by atoms with Crippen LogP contribution in [0.2, 0.25) is 0 Å². The highest BCUT2D eigenvalue weighted by Gasteiger charge is 2.33. The van der Waals surface area contributed by atoms with Gasteiger partial charge in [0.1, 0.15) is 22.8 Å². The van der Waals surface area contributed by atoms with Crippen molar-refractivity contribution < 1.29 is 36.3 Å². The summed E-state index contributed by atoms with van der Waals surface area (Å²) in [7, 11) is -2.08. The number of ether oxygens (including phenoxy) is 2. The molecule has 0 saturated heterocycles. The first-order valence-electron chi connectivity index (χ1n) is 15.6. The number of sulfonamides is 1. The van der Waals surface area contributed by atoms with E-state index in [-0.39, 0.29) is 17.8 Å². The van der Waals surface area contributed by atoms with Crippen molar-refractivity contribution in [3.05, 3.63) is 53.3 Å². The Morgan fingerprint density at radius 1 is 1.02 bits per heavy atom. The van der Waals surface area contributed by atoms with E-state index in [1.165, 1.54) is 29.7 Å². The van der Waals surface area contributed by atoms with Crippen molar-refractivity contribution >= 4 is 38.6 Å². The average molecular weight is 645 g/mol. The Morgan fingerprint density at radius 2 is 1.69 bits per heavy atom. The largest absolute Gasteiger partial charge is 0.460 e. The second-order valence-corrected chi connectivity index (χ2v) is 14.5. The van der Waals surface area contributed by atoms with Gasteiger partial charge < -0.3 is 19.2 Å². The maximum Gasteiger partial charge on any atom is 0.306 e. The van der Waals surface area contributed by atoms with Crippen LogP contribution in [0.3, 0.4) is 0 Å². The molecule has 0 spiro atoms. The molecule has 0 unspecified atom stereocenters. The number of benzene rings is 2. The van der Waals surface area contributed by atoms with Gasteiger partial charge in [-0.25, -0.2) is 12.8 Å². The molecule has 1 N–H and O–H groups in total. The molecule has 0 bridgehead atoms. The van der Waals surface area contributed by atoms with E-state index >= 15 is 0 Å². The number of carbonyl (C=O) groups is 2. The third-order valence-corrected chi connectivity index (χ3v) is 8.75. The van der Waals surface area contributed by atoms with E-state index in [9.17, 15) is 22.4 Å². The van der Waals surface area contributed by atoms with Gasteiger partial charge in [0.05, 0.1) is 17.5 Å². The van der Waals surface area contributed by atoms with Crippen LogP contribution in [0.4, 0.5) is 10.1 Å². The van der Waals surface area contributed by atoms with E-state index in [0.29, 0.717) is 72.6 Å². The summed E-state index contributed by atoms with van der Waals surface area (Å²) in [6, 6.07) is 9.33. The van der Waals surface area contributed by atoms with Crippen LogP contribution in [0, 0.1) is 5.82 Å². The highest BCUT2D eigenvalue weighted by atomic mass is 32.2. The number of hydrogen-bond acceptors (Lipinski definition) is 7. The van der Waals surface area contributed by atoms with Gasteiger partial charge in [-0.15, -0.1) is 0 Å². The van der Waals surface area contributed by atoms with Crippen LogP contribution in [0.15, 0.2) is 40.8 Å². The zero-order valence-corrected chi connectivity index (χ0v) is 27.7. The monoisotopic (exact) mass is 644 g/mol. The second-order valence-electron chi connectivity index (χ2n) is 12.6. The molecule has 246 valence electrons. The first kappa shape index (κ1) is 34.4. The van der Waals surface area contributed by atoms with E-state index in [1.807, 2.05) is 26.8 Å². The highest BCUT2D eigenvalue weighted by molar-refractivity contribution is 7.92. The van der Waals surface area contributed by atoms with Crippen LogP contribution in [-0.2, 0) is 24.3 Å². The van der Waals surface area contributed by atoms with Gasteiger partial charge in [-0.05, 0) is 108 Å². The highest BCUT2D eigenvalue weighted by Crippen LogP contribution is 2.48. The van der Waals surface area contributed by atoms with Gasteiger partial charge in [-0.3, -0.25) is 13.9 Å². The minimum Gasteiger partial charge on any atom is -0.460 e. The standard InChI is InChI=1S/C34H45FN2O7S/c1-34(2,3)44-30(38)11-7-10-20-42-19-9-6-8-18-37(45(5,40)41)28-22-29-27(21-26(28)23-12-13-23)31(33(39)36-4)32(43-29)24-14-16-25(35)17-15-24/h14-17,21-23H,6-13,18-20H2,1-5H3,(H,36,39). The second kappa shape index (κ2) is 14.8. The number of nitrogens with zero attached hydrogens (tertiary/aromatic N) is 1. The molecular weight excluding hydrogens is 599 g/mol. The van der Waals surface area contributed by atoms with Gasteiger partial charge in [0.15, 0.2) is 0 Å². The van der Waals surface area contributed by atoms with Gasteiger partial charge >= 0.3 is 5.97 Å². The van der Waals surface area contributed by atoms with Crippen molar-refractivity contribution in [2.75, 3.05) is 37.4 Å². The minimum absolute atomic E-state index is 0.194. The Hall–Kier alpha value is -3.44. The third-order valence-electron chi connectivity index (χ3n) is 7.57. The van der Waals surface area contributed by atoms with Gasteiger partial charge in [-0.1, -0.05) is 0 Å². The Morgan fingerprint density at radius 3 is 2.29 bits per heavy atom. The van der Waals surface area contributed by atoms with Gasteiger partial charge in [-0.2, -0.15) is 0 Å². The lowest BCUT2D eigenvalue weighted by molar-refractivity contribution is -0.154. The third kappa shape index (κ3) is 9.53. The van der Waals surface area contributed by atoms with Crippen LogP contribution in [0.1, 0.15) is 94.0 Å². The predicted octanol–water partition coefficient (Wildman–Crippen LogP) is 6.94. The van der Waals surface area contributed by atoms with Gasteiger partial charge in [0, 0.05) is 50.2 Å². The molecule has 1 heterocycles. The smallest absolute Gasteiger partial charge is 0.306 e. The molecule has 3 aromatic rings. The molecule has 1 saturated carbocycles. The number of nitrogens with one attached hydrogen (secondary N) is 1. The molecule has 0 atom stereocenters. The first-order valence-corrected chi connectivity index (χ1v) is 17.5. The normalized spacial score (nSPS) is 13.6. The molecule has 1 fully saturated rings. The van der Waals surface area contributed by atoms with Crippen LogP contribution in [-0.4, -0.2) is 59.0 Å². The predicted molar refractivity (Wildman–Crippen MR) is 174 cm³/mol. The molecular formula is C34H45FN2O7S. The zero-order chi connectivity index (χ0) is 32.8. The number of unbranched alkanes of at least 4 members (excludes halogenated alkanes) is 3. The average Bonchev–Trinajstić information content (AvgIpc) is 3.74. The number of fused-ring (bicyclic) bond motifs is 1. The summed E-state index contributed by atoms with van der Waals surface area (Å²) in [5, 5.41) is 3.26. The maximum atomic E-state index is 13.6. The summed E-state index contributed by atoms with van der Waals surface area (Å²) in [5.74, 6) is -0.444. The topological polar surface area (TPSA) is 115 Å². The first-order chi connectivity index (χ1) is 21.3. The zero-order valence-electron chi connectivity index (χ0n) is 26.9. The lowest BCUT2D eigenvalue weighted by atomic mass is 10.0. The van der Waals surface area contributed by atoms with Crippen LogP contribution in [0.5, 0.6) is 0 Å². The van der Waals surface area contributed by atoms with Gasteiger partial charge in [0.2, 0.25) is 10.0 Å². The van der Waals surface area contributed by atoms with Crippen molar-refractivity contribution in [3.8, 4) is 11.3 Å². The van der Waals surface area contributed by atoms with E-state index in [4.69, 9.17) is 13.9 Å². The number of anilines is 1. The van der Waals surface area contributed by atoms with E-state index in [1.54, 1.807) is 18.2 Å². The lowest BCUT2D eigenvalue weighted by Gasteiger charge is -2.25. The molecule has 2 aromatic carbocycles. The molecule has 45 heavy (non-hydrogen) atoms. The van der Waals surface area contributed by atoms with E-state index in [0.717, 1.165) is 37.7 Å². The molecule has 9 nitrogen and oxygen atoms in total. The van der Waals surface area contributed by atoms with Crippen LogP contribution in [0.25, 0.3) is 22.3 Å². The molecule has 11 heteroatoms. The van der Waals surface area contributed by atoms with Crippen molar-refractivity contribution in [2.24, 2.45) is 0 Å². The summed E-state index contributed by atoms with van der Waals surface area (Å²) in [6.07, 6.45) is 7.12. The number of rotatable bonds is 16. The number of hydrogen-bond donors (Lipinski definition) is 1. The fraction of sp³-hybridized carbons (Fsp3) is 0.529. The summed E-state index contributed by atoms with van der Waals surface area (Å²) < 4.78 is 58.4. The Kier molecular flexibility index (Phi) is 11.3. The number of esters is 1. The SMILES string of the molecule is CNC(=O)c1c(-c2ccc(F)cc2)oc2cc(N(CCCCCOCCCCC(=O)OC(C)(C)C)S(C)(=O)=O)c(C3CC3)cc12. The van der Waals surface area contributed by atoms with E-state index in [2.05, 4.69) is 5.32 Å². The van der Waals surface area contributed by atoms with Gasteiger partial charge in [0.25, 0.3) is 5.91 Å². The summed E-state index contributed by atoms with van der Waals surface area (Å²) >= 11 is 0. The molecule has 1 amide bonds. The van der Waals surface area contributed by atoms with Crippen LogP contribution >= 0.6 is 0 Å². The molecule has 1 aliphatic rings. The summed E-state index contributed by atoms with van der Waals surface area (Å²) in [6.45, 7) is 6.97. The number of halogens is 1.